The molecule has 10 saturated carbocycles. The zero-order valence-corrected chi connectivity index (χ0v) is 67.6. The number of piperidine rings is 3. The molecule has 117 heavy (non-hydrogen) atoms. The van der Waals surface area contributed by atoms with Gasteiger partial charge >= 0.3 is 18.0 Å². The normalized spacial score (nSPS) is 22.5. The van der Waals surface area contributed by atoms with Crippen molar-refractivity contribution in [2.75, 3.05) is 75.5 Å². The molecule has 10 aliphatic carbocycles. The summed E-state index contributed by atoms with van der Waals surface area (Å²) in [5.41, 5.74) is 9.89. The van der Waals surface area contributed by atoms with Crippen LogP contribution in [0, 0.1) is 68.6 Å². The number of amides is 1. The summed E-state index contributed by atoms with van der Waals surface area (Å²) in [6.07, 6.45) is 29.7. The number of hydrogen-bond donors (Lipinski definition) is 7. The number of anilines is 2. The Morgan fingerprint density at radius 1 is 0.513 bits per heavy atom. The topological polar surface area (TPSA) is 515 Å². The van der Waals surface area contributed by atoms with Gasteiger partial charge in [-0.1, -0.05) is 0 Å². The molecule has 3 aliphatic heterocycles. The molecular weight excluding hydrogens is 1630 g/mol. The molecule has 4 bridgehead atoms. The third-order valence-electron chi connectivity index (χ3n) is 23.0. The van der Waals surface area contributed by atoms with E-state index in [-0.39, 0.29) is 110 Å². The molecule has 13 heterocycles. The molecule has 1 amide bonds. The Labute approximate surface area is 699 Å². The van der Waals surface area contributed by atoms with Crippen LogP contribution < -0.4 is 40.4 Å². The van der Waals surface area contributed by atoms with Crippen molar-refractivity contribution in [2.24, 2.45) is 33.8 Å². The summed E-state index contributed by atoms with van der Waals surface area (Å²) in [5, 5.41) is 67.5. The maximum Gasteiger partial charge on any atom is 0.322 e. The summed E-state index contributed by atoms with van der Waals surface area (Å²) in [5.74, 6) is 3.70. The van der Waals surface area contributed by atoms with Gasteiger partial charge in [-0.05, 0) is 210 Å². The summed E-state index contributed by atoms with van der Waals surface area (Å²) in [4.78, 5) is 92.8. The second kappa shape index (κ2) is 35.1. The van der Waals surface area contributed by atoms with Gasteiger partial charge in [0.15, 0.2) is 16.9 Å². The minimum Gasteiger partial charge on any atom is -0.462 e. The lowest BCUT2D eigenvalue weighted by atomic mass is 9.50. The number of rotatable bonds is 17. The molecular formula is C73H79Cl6N33O5. The van der Waals surface area contributed by atoms with Crippen molar-refractivity contribution in [1.29, 1.82) is 15.8 Å². The molecule has 0 unspecified atom stereocenters. The lowest BCUT2D eigenvalue weighted by Crippen LogP contribution is -2.68. The van der Waals surface area contributed by atoms with Gasteiger partial charge in [-0.2, -0.15) is 90.9 Å². The second-order valence-electron chi connectivity index (χ2n) is 31.6. The molecule has 38 nitrogen and oxygen atoms in total. The van der Waals surface area contributed by atoms with Crippen LogP contribution in [0.15, 0.2) is 37.6 Å². The number of nitrogens with two attached hydrogens (primary N) is 1. The van der Waals surface area contributed by atoms with Crippen LogP contribution in [-0.4, -0.2) is 214 Å². The molecule has 8 N–H and O–H groups in total. The van der Waals surface area contributed by atoms with Crippen LogP contribution >= 0.6 is 69.6 Å². The Bertz CT molecular complexity index is 5300. The highest BCUT2D eigenvalue weighted by Gasteiger charge is 2.58. The average Bonchev–Trinajstić information content (AvgIpc) is 1.43. The van der Waals surface area contributed by atoms with E-state index in [1.54, 1.807) is 12.4 Å². The Kier molecular flexibility index (Phi) is 24.6. The Morgan fingerprint density at radius 3 is 1.19 bits per heavy atom. The summed E-state index contributed by atoms with van der Waals surface area (Å²) in [7, 11) is 0. The fraction of sp³-hybridized carbons (Fsp3) is 0.562. The Morgan fingerprint density at radius 2 is 0.863 bits per heavy atom. The van der Waals surface area contributed by atoms with Gasteiger partial charge in [0.1, 0.15) is 45.4 Å². The van der Waals surface area contributed by atoms with Crippen molar-refractivity contribution in [3.05, 3.63) is 104 Å². The minimum absolute atomic E-state index is 0.000000000000000444. The van der Waals surface area contributed by atoms with Crippen LogP contribution in [0.1, 0.15) is 174 Å². The van der Waals surface area contributed by atoms with Crippen molar-refractivity contribution in [3.63, 3.8) is 0 Å². The smallest absolute Gasteiger partial charge is 0.322 e. The van der Waals surface area contributed by atoms with E-state index in [0.717, 1.165) is 180 Å². The van der Waals surface area contributed by atoms with E-state index < -0.39 is 10.8 Å². The third-order valence-corrected chi connectivity index (χ3v) is 24.0. The molecule has 13 fully saturated rings. The zero-order valence-electron chi connectivity index (χ0n) is 63.1. The maximum absolute atomic E-state index is 13.1. The lowest BCUT2D eigenvalue weighted by Gasteiger charge is -2.61. The lowest BCUT2D eigenvalue weighted by molar-refractivity contribution is -0.0441. The first-order valence-electron chi connectivity index (χ1n) is 38.4. The van der Waals surface area contributed by atoms with E-state index in [0.29, 0.717) is 53.7 Å². The predicted octanol–water partition coefficient (Wildman–Crippen LogP) is 9.59. The first kappa shape index (κ1) is 81.9. The number of H-pyrrole nitrogens is 3. The summed E-state index contributed by atoms with van der Waals surface area (Å²) < 4.78 is 16.7. The predicted molar refractivity (Wildman–Crippen MR) is 423 cm³/mol. The third kappa shape index (κ3) is 20.1. The van der Waals surface area contributed by atoms with E-state index in [4.69, 9.17) is 106 Å². The fourth-order valence-electron chi connectivity index (χ4n) is 14.8. The van der Waals surface area contributed by atoms with Crippen LogP contribution in [0.4, 0.5) is 11.9 Å². The molecule has 0 spiro atoms. The zero-order chi connectivity index (χ0) is 81.5. The largest absolute Gasteiger partial charge is 0.462 e. The number of nitrogens with one attached hydrogen (secondary N) is 5. The number of aromatic nitrogens is 24. The molecule has 0 atom stereocenters. The van der Waals surface area contributed by atoms with Crippen LogP contribution in [0.5, 0.6) is 18.0 Å². The number of hydrogen-bond acceptors (Lipinski definition) is 33. The van der Waals surface area contributed by atoms with Crippen LogP contribution in [-0.2, 0) is 0 Å². The molecule has 3 saturated heterocycles. The first-order chi connectivity index (χ1) is 56.6. The highest BCUT2D eigenvalue weighted by Crippen LogP contribution is 2.57. The number of fused-ring (bicyclic) bond motifs is 3. The number of halogens is 6. The van der Waals surface area contributed by atoms with Crippen molar-refractivity contribution in [1.82, 2.24) is 131 Å². The van der Waals surface area contributed by atoms with Gasteiger partial charge < -0.3 is 50.3 Å². The highest BCUT2D eigenvalue weighted by molar-refractivity contribution is 6.33. The van der Waals surface area contributed by atoms with Gasteiger partial charge in [0, 0.05) is 104 Å². The minimum atomic E-state index is -0.462. The van der Waals surface area contributed by atoms with Gasteiger partial charge in [0.2, 0.25) is 49.4 Å². The van der Waals surface area contributed by atoms with E-state index in [1.807, 2.05) is 6.20 Å². The average molecular weight is 1710 g/mol. The summed E-state index contributed by atoms with van der Waals surface area (Å²) in [6, 6.07) is 7.12. The fourth-order valence-corrected chi connectivity index (χ4v) is 15.9. The van der Waals surface area contributed by atoms with E-state index in [2.05, 4.69) is 164 Å². The number of carbonyl (C=O) groups excluding carboxylic acids is 1. The van der Waals surface area contributed by atoms with Gasteiger partial charge in [0.05, 0.1) is 50.6 Å². The van der Waals surface area contributed by atoms with Crippen LogP contribution in [0.3, 0.4) is 0 Å². The Hall–Kier alpha value is -10.3. The number of nitriles is 3. The number of ether oxygens (including phenoxy) is 3. The van der Waals surface area contributed by atoms with Gasteiger partial charge in [0.25, 0.3) is 11.4 Å². The number of carbonyl (C=O) groups is 1. The quantitative estimate of drug-likeness (QED) is 0.0417. The van der Waals surface area contributed by atoms with Crippen molar-refractivity contribution in [3.8, 4) is 36.2 Å². The summed E-state index contributed by atoms with van der Waals surface area (Å²) >= 11 is 33.2. The van der Waals surface area contributed by atoms with E-state index in [1.165, 1.54) is 43.9 Å². The standard InChI is InChI=1S/C24H26N10O2.C18H18ClN9O.C10H13N5.C8H6Cl2N4O.C5H7NO.C5H9N.C3Cl3N3/c25-11-23(3-4-23)12-36-22-29-19(20(35)31-24-7-14(8-24)9-24)28-21(30-22)34-5-1-15(2-6-34)17-16-10-26-13-27-18(16)33-32-17;19-15-23-16(25-17(24-15)29-9-18(8-20)3-4-18)28-5-1-11(2-6-28)13-12-7-21-10-22-14(12)27-26-13;1-3-11-4-2-7(1)9-8-5-12-6-13-10(8)15-14-9;9-5-12-6(10)14-7(13-5)15-4-8(3-11)1-2-8;1-6-5(4-7)2-3-5;6-5-1-4(2-5)3-5;4-1-7-2(5)9-3(6)8-1/h10,13-15H,1-9,12H2,(H,31,35)(H,26,27,32,33);7,10-11H,1-6,9H2,(H,21,22,26,27);5-7,11H,1-4H2,(H,12,13,14,15);1-2,4H2;7H,2-4H2;4H,1-3,6H2;. The van der Waals surface area contributed by atoms with E-state index >= 15 is 0 Å². The molecule has 10 aromatic rings. The molecule has 0 radical (unpaired) electrons. The number of aliphatic hydroxyl groups is 1. The first-order valence-corrected chi connectivity index (χ1v) is 40.7. The summed E-state index contributed by atoms with van der Waals surface area (Å²) in [6.45, 7) is 12.5. The number of aliphatic hydroxyl groups excluding tert-OH is 1. The molecule has 10 aromatic heterocycles. The van der Waals surface area contributed by atoms with Gasteiger partial charge in [-0.15, -0.1) is 0 Å². The second-order valence-corrected chi connectivity index (χ2v) is 33.6. The highest BCUT2D eigenvalue weighted by atomic mass is 35.5. The van der Waals surface area contributed by atoms with E-state index in [9.17, 15) is 15.3 Å². The van der Waals surface area contributed by atoms with Gasteiger partial charge in [-0.3, -0.25) is 20.1 Å². The van der Waals surface area contributed by atoms with Crippen LogP contribution in [0.25, 0.3) is 37.9 Å². The molecule has 608 valence electrons. The SMILES string of the molecule is Clc1nc(Cl)nc(Cl)n1.N#CC1(COc2nc(C(=O)NC34CC(C3)C4)nc(N3CCC(c4[nH]nc5ncncc45)CC3)n2)CC1.N#CC1(COc2nc(Cl)nc(Cl)n2)CC1.N#CC1(COc2nc(Cl)nc(N3CCC(c4[nH]nc5ncncc45)CC3)n2)CC1.NC12CC(C1)C2.[C-]#[N+]C1(CO)CC1.c1ncc2c(C3CCNCC3)[nH]nc2n1. The van der Waals surface area contributed by atoms with Crippen molar-refractivity contribution < 1.29 is 24.1 Å². The molecule has 0 aromatic carbocycles. The van der Waals surface area contributed by atoms with Crippen molar-refractivity contribution in [2.45, 2.75) is 163 Å². The van der Waals surface area contributed by atoms with Crippen LogP contribution in [0.2, 0.25) is 31.7 Å². The molecule has 44 heteroatoms. The number of aromatic amines is 3. The Balaban J connectivity index is 0.000000117. The van der Waals surface area contributed by atoms with Crippen molar-refractivity contribution >= 4 is 121 Å². The molecule has 13 aliphatic rings. The van der Waals surface area contributed by atoms with Gasteiger partial charge in [-0.25, -0.2) is 36.5 Å². The number of nitrogens with zero attached hydrogens (tertiary/aromatic N) is 27. The molecule has 23 rings (SSSR count). The maximum atomic E-state index is 13.1. The monoisotopic (exact) mass is 1710 g/mol.